The van der Waals surface area contributed by atoms with Crippen LogP contribution in [-0.2, 0) is 12.7 Å². The predicted molar refractivity (Wildman–Crippen MR) is 154 cm³/mol. The molecule has 2 aromatic heterocycles. The lowest BCUT2D eigenvalue weighted by Gasteiger charge is -2.23. The molecule has 5 rings (SSSR count). The summed E-state index contributed by atoms with van der Waals surface area (Å²) < 4.78 is 48.6. The third kappa shape index (κ3) is 7.04. The lowest BCUT2D eigenvalue weighted by molar-refractivity contribution is -0.138. The highest BCUT2D eigenvalue weighted by atomic mass is 32.1. The fourth-order valence-electron chi connectivity index (χ4n) is 4.67. The fourth-order valence-corrected chi connectivity index (χ4v) is 5.56. The molecule has 0 saturated carbocycles. The molecule has 0 spiro atoms. The summed E-state index contributed by atoms with van der Waals surface area (Å²) in [7, 11) is 3.51. The van der Waals surface area contributed by atoms with Crippen molar-refractivity contribution >= 4 is 38.5 Å². The molecule has 3 heterocycles. The highest BCUT2D eigenvalue weighted by molar-refractivity contribution is 7.22. The monoisotopic (exact) mass is 598 g/mol. The normalized spacial score (nSPS) is 14.9. The molecule has 1 aliphatic heterocycles. The van der Waals surface area contributed by atoms with Crippen LogP contribution >= 0.6 is 11.3 Å². The van der Waals surface area contributed by atoms with Crippen molar-refractivity contribution < 1.29 is 27.5 Å². The van der Waals surface area contributed by atoms with Crippen LogP contribution < -0.4 is 15.4 Å². The van der Waals surface area contributed by atoms with Crippen molar-refractivity contribution in [1.82, 2.24) is 25.1 Å². The minimum atomic E-state index is -4.60. The van der Waals surface area contributed by atoms with Gasteiger partial charge in [0, 0.05) is 50.6 Å². The number of likely N-dealkylation sites (N-methyl/N-ethyl adjacent to an activating group) is 1. The summed E-state index contributed by atoms with van der Waals surface area (Å²) in [6.07, 6.45) is -2.25. The number of benzene rings is 2. The molecule has 4 aromatic rings. The Morgan fingerprint density at radius 1 is 1.00 bits per heavy atom. The summed E-state index contributed by atoms with van der Waals surface area (Å²) >= 11 is 1.16. The topological polar surface area (TPSA) is 99.7 Å². The summed E-state index contributed by atoms with van der Waals surface area (Å²) in [5.74, 6) is -0.147. The predicted octanol–water partition coefficient (Wildman–Crippen LogP) is 5.25. The third-order valence-corrected chi connectivity index (χ3v) is 7.82. The van der Waals surface area contributed by atoms with E-state index < -0.39 is 17.6 Å². The summed E-state index contributed by atoms with van der Waals surface area (Å²) in [6.45, 7) is 3.26. The second-order valence-electron chi connectivity index (χ2n) is 9.96. The van der Waals surface area contributed by atoms with Gasteiger partial charge in [-0.25, -0.2) is 4.98 Å². The quantitative estimate of drug-likeness (QED) is 0.300. The first-order chi connectivity index (χ1) is 20.1. The third-order valence-electron chi connectivity index (χ3n) is 6.89. The number of nitrogens with one attached hydrogen (secondary N) is 2. The first-order valence-corrected chi connectivity index (χ1v) is 14.1. The van der Waals surface area contributed by atoms with Crippen LogP contribution in [0.3, 0.4) is 0 Å². The van der Waals surface area contributed by atoms with Gasteiger partial charge < -0.3 is 15.0 Å². The van der Waals surface area contributed by atoms with Crippen molar-refractivity contribution in [1.29, 1.82) is 0 Å². The average Bonchev–Trinajstić information content (AvgIpc) is 3.24. The maximum atomic E-state index is 14.0. The van der Waals surface area contributed by atoms with Gasteiger partial charge in [0.05, 0.1) is 15.8 Å². The number of hydrogen-bond acceptors (Lipinski definition) is 8. The van der Waals surface area contributed by atoms with E-state index in [1.54, 1.807) is 24.3 Å². The number of ether oxygens (including phenoxy) is 1. The van der Waals surface area contributed by atoms with Gasteiger partial charge in [-0.2, -0.15) is 13.2 Å². The first-order valence-electron chi connectivity index (χ1n) is 13.3. The molecule has 0 atom stereocenters. The van der Waals surface area contributed by atoms with E-state index in [0.29, 0.717) is 34.8 Å². The number of amides is 2. The number of carbonyl (C=O) groups is 2. The van der Waals surface area contributed by atoms with Crippen molar-refractivity contribution in [2.45, 2.75) is 19.1 Å². The molecule has 0 aliphatic carbocycles. The van der Waals surface area contributed by atoms with E-state index in [-0.39, 0.29) is 34.4 Å². The van der Waals surface area contributed by atoms with Crippen LogP contribution in [0.5, 0.6) is 11.5 Å². The number of carbonyl (C=O) groups excluding carboxylic acids is 2. The minimum Gasteiger partial charge on any atom is -0.457 e. The van der Waals surface area contributed by atoms with E-state index in [9.17, 15) is 22.8 Å². The maximum absolute atomic E-state index is 14.0. The summed E-state index contributed by atoms with van der Waals surface area (Å²) in [5.41, 5.74) is 0.0186. The van der Waals surface area contributed by atoms with Crippen LogP contribution in [0.4, 0.5) is 18.3 Å². The molecule has 1 aliphatic rings. The van der Waals surface area contributed by atoms with Gasteiger partial charge >= 0.3 is 6.18 Å². The standard InChI is InChI=1S/C29H29F3N6O3S/c1-33-27(40)24-15-21(8-9-34-24)41-20-6-7-23-25(16-20)42-28(35-23)36-26(39)18-4-5-19(22(14-18)29(30,31)32)17-38-11-3-10-37(2)12-13-38/h4-9,14-16H,3,10-13,17H2,1-2H3,(H,33,40)(H,35,36,39). The van der Waals surface area contributed by atoms with Gasteiger partial charge in [-0.15, -0.1) is 0 Å². The van der Waals surface area contributed by atoms with Crippen molar-refractivity contribution in [2.75, 3.05) is 45.6 Å². The number of aromatic nitrogens is 2. The first kappa shape index (κ1) is 29.4. The SMILES string of the molecule is CNC(=O)c1cc(Oc2ccc3nc(NC(=O)c4ccc(CN5CCCN(C)CC5)c(C(F)(F)F)c4)sc3c2)ccn1. The number of alkyl halides is 3. The number of fused-ring (bicyclic) bond motifs is 1. The van der Waals surface area contributed by atoms with Crippen molar-refractivity contribution in [3.05, 3.63) is 77.1 Å². The molecule has 13 heteroatoms. The lowest BCUT2D eigenvalue weighted by atomic mass is 10.0. The molecular formula is C29H29F3N6O3S. The van der Waals surface area contributed by atoms with Gasteiger partial charge in [-0.05, 0) is 62.5 Å². The van der Waals surface area contributed by atoms with E-state index in [1.165, 1.54) is 31.4 Å². The average molecular weight is 599 g/mol. The van der Waals surface area contributed by atoms with Gasteiger partial charge in [-0.1, -0.05) is 17.4 Å². The molecule has 220 valence electrons. The van der Waals surface area contributed by atoms with E-state index >= 15 is 0 Å². The van der Waals surface area contributed by atoms with Crippen molar-refractivity contribution in [2.24, 2.45) is 0 Å². The Morgan fingerprint density at radius 3 is 2.60 bits per heavy atom. The molecule has 2 N–H and O–H groups in total. The number of rotatable bonds is 7. The minimum absolute atomic E-state index is 0.102. The Balaban J connectivity index is 1.31. The van der Waals surface area contributed by atoms with Gasteiger partial charge in [0.1, 0.15) is 17.2 Å². The number of nitrogens with zero attached hydrogens (tertiary/aromatic N) is 4. The van der Waals surface area contributed by atoms with Crippen LogP contribution in [0.15, 0.2) is 54.7 Å². The Labute approximate surface area is 244 Å². The summed E-state index contributed by atoms with van der Waals surface area (Å²) in [6, 6.07) is 12.0. The highest BCUT2D eigenvalue weighted by Gasteiger charge is 2.34. The zero-order chi connectivity index (χ0) is 29.9. The molecule has 0 radical (unpaired) electrons. The highest BCUT2D eigenvalue weighted by Crippen LogP contribution is 2.35. The fraction of sp³-hybridized carbons (Fsp3) is 0.310. The zero-order valence-corrected chi connectivity index (χ0v) is 23.8. The van der Waals surface area contributed by atoms with Gasteiger partial charge in [-0.3, -0.25) is 24.8 Å². The number of anilines is 1. The van der Waals surface area contributed by atoms with Crippen molar-refractivity contribution in [3.8, 4) is 11.5 Å². The smallest absolute Gasteiger partial charge is 0.416 e. The Hall–Kier alpha value is -4.07. The van der Waals surface area contributed by atoms with E-state index in [4.69, 9.17) is 4.74 Å². The van der Waals surface area contributed by atoms with Gasteiger partial charge in [0.15, 0.2) is 5.13 Å². The largest absolute Gasteiger partial charge is 0.457 e. The summed E-state index contributed by atoms with van der Waals surface area (Å²) in [4.78, 5) is 37.4. The Morgan fingerprint density at radius 2 is 1.81 bits per heavy atom. The van der Waals surface area contributed by atoms with E-state index in [0.717, 1.165) is 36.9 Å². The molecule has 0 bridgehead atoms. The Kier molecular flexibility index (Phi) is 8.71. The summed E-state index contributed by atoms with van der Waals surface area (Å²) in [5, 5.41) is 5.37. The van der Waals surface area contributed by atoms with E-state index in [1.807, 2.05) is 11.9 Å². The maximum Gasteiger partial charge on any atom is 0.416 e. The molecule has 42 heavy (non-hydrogen) atoms. The molecule has 2 aromatic carbocycles. The molecule has 0 unspecified atom stereocenters. The van der Waals surface area contributed by atoms with Crippen molar-refractivity contribution in [3.63, 3.8) is 0 Å². The van der Waals surface area contributed by atoms with Crippen LogP contribution in [0, 0.1) is 0 Å². The van der Waals surface area contributed by atoms with Crippen LogP contribution in [-0.4, -0.2) is 71.9 Å². The number of halogens is 3. The number of hydrogen-bond donors (Lipinski definition) is 2. The lowest BCUT2D eigenvalue weighted by Crippen LogP contribution is -2.29. The van der Waals surface area contributed by atoms with Crippen LogP contribution in [0.25, 0.3) is 10.2 Å². The van der Waals surface area contributed by atoms with Gasteiger partial charge in [0.2, 0.25) is 0 Å². The van der Waals surface area contributed by atoms with Crippen LogP contribution in [0.1, 0.15) is 38.4 Å². The second kappa shape index (κ2) is 12.4. The molecule has 2 amide bonds. The molecule has 9 nitrogen and oxygen atoms in total. The molecule has 1 saturated heterocycles. The zero-order valence-electron chi connectivity index (χ0n) is 23.0. The van der Waals surface area contributed by atoms with E-state index in [2.05, 4.69) is 25.5 Å². The number of thiazole rings is 1. The van der Waals surface area contributed by atoms with Gasteiger partial charge in [0.25, 0.3) is 11.8 Å². The molecular weight excluding hydrogens is 569 g/mol. The van der Waals surface area contributed by atoms with Crippen LogP contribution in [0.2, 0.25) is 0 Å². The second-order valence-corrected chi connectivity index (χ2v) is 11.0. The Bertz CT molecular complexity index is 1610. The molecule has 1 fully saturated rings. The number of pyridine rings is 1.